The van der Waals surface area contributed by atoms with Crippen LogP contribution in [0, 0.1) is 0 Å². The van der Waals surface area contributed by atoms with Crippen molar-refractivity contribution in [2.45, 2.75) is 13.0 Å². The van der Waals surface area contributed by atoms with Crippen LogP contribution in [0.25, 0.3) is 0 Å². The van der Waals surface area contributed by atoms with Gasteiger partial charge in [0.15, 0.2) is 0 Å². The van der Waals surface area contributed by atoms with E-state index in [-0.39, 0.29) is 0 Å². The van der Waals surface area contributed by atoms with Gasteiger partial charge in [-0.25, -0.2) is 4.84 Å². The molecule has 0 amide bonds. The molecule has 2 N–H and O–H groups in total. The summed E-state index contributed by atoms with van der Waals surface area (Å²) in [5.41, 5.74) is 0. The average Bonchev–Trinajstić information content (AvgIpc) is 1.65. The Kier molecular flexibility index (Phi) is 2.71. The number of carbonyl (C=O) groups is 1. The van der Waals surface area contributed by atoms with E-state index in [9.17, 15) is 4.79 Å². The van der Waals surface area contributed by atoms with Gasteiger partial charge in [0.05, 0.1) is 0 Å². The zero-order valence-electron chi connectivity index (χ0n) is 3.81. The second-order valence-corrected chi connectivity index (χ2v) is 1.39. The highest BCUT2D eigenvalue weighted by Crippen LogP contribution is 1.79. The van der Waals surface area contributed by atoms with Crippen LogP contribution in [0.4, 0.5) is 0 Å². The molecule has 0 heterocycles. The molecule has 0 bridgehead atoms. The highest BCUT2D eigenvalue weighted by Gasteiger charge is 2.05. The van der Waals surface area contributed by atoms with Gasteiger partial charge in [-0.1, -0.05) is 0 Å². The Hall–Kier alpha value is -0.280. The molecule has 1 atom stereocenters. The monoisotopic (exact) mass is 123 g/mol. The standard InChI is InChI=1S/C3H6ClNO2/c1-2(5-4)3(6)7/h2,5H,1H3,(H,6,7)/t2-/m0/s1. The summed E-state index contributed by atoms with van der Waals surface area (Å²) in [5.74, 6) is -0.949. The van der Waals surface area contributed by atoms with E-state index in [0.29, 0.717) is 0 Å². The first-order valence-corrected chi connectivity index (χ1v) is 2.15. The van der Waals surface area contributed by atoms with Gasteiger partial charge in [0.25, 0.3) is 0 Å². The second-order valence-electron chi connectivity index (χ2n) is 1.17. The van der Waals surface area contributed by atoms with Gasteiger partial charge in [0.2, 0.25) is 0 Å². The Balaban J connectivity index is 3.34. The van der Waals surface area contributed by atoms with Crippen molar-refractivity contribution in [2.75, 3.05) is 0 Å². The minimum Gasteiger partial charge on any atom is -0.480 e. The predicted molar refractivity (Wildman–Crippen MR) is 26.1 cm³/mol. The molecule has 4 heteroatoms. The normalized spacial score (nSPS) is 13.4. The zero-order chi connectivity index (χ0) is 5.86. The first kappa shape index (κ1) is 6.72. The van der Waals surface area contributed by atoms with Gasteiger partial charge < -0.3 is 5.11 Å². The molecule has 0 fully saturated rings. The molecule has 0 radical (unpaired) electrons. The van der Waals surface area contributed by atoms with Gasteiger partial charge in [-0.2, -0.15) is 0 Å². The van der Waals surface area contributed by atoms with E-state index in [1.54, 1.807) is 0 Å². The van der Waals surface area contributed by atoms with Crippen LogP contribution in [0.2, 0.25) is 0 Å². The van der Waals surface area contributed by atoms with Crippen molar-refractivity contribution >= 4 is 17.7 Å². The fourth-order valence-corrected chi connectivity index (χ4v) is 0.140. The van der Waals surface area contributed by atoms with Crippen LogP contribution in [0.15, 0.2) is 0 Å². The number of aliphatic carboxylic acids is 1. The lowest BCUT2D eigenvalue weighted by Gasteiger charge is -1.97. The van der Waals surface area contributed by atoms with E-state index in [1.165, 1.54) is 6.92 Å². The molecule has 0 aromatic carbocycles. The molecular formula is C3H6ClNO2. The second kappa shape index (κ2) is 2.82. The van der Waals surface area contributed by atoms with Gasteiger partial charge in [-0.3, -0.25) is 4.79 Å². The maximum Gasteiger partial charge on any atom is 0.321 e. The number of halogens is 1. The lowest BCUT2D eigenvalue weighted by molar-refractivity contribution is -0.138. The molecule has 0 aliphatic carbocycles. The van der Waals surface area contributed by atoms with E-state index in [0.717, 1.165) is 0 Å². The SMILES string of the molecule is C[C@H](NCl)C(=O)O. The summed E-state index contributed by atoms with van der Waals surface area (Å²) in [5, 5.41) is 8.04. The number of nitrogens with one attached hydrogen (secondary N) is 1. The van der Waals surface area contributed by atoms with Crippen LogP contribution in [0.1, 0.15) is 6.92 Å². The maximum atomic E-state index is 9.78. The molecule has 42 valence electrons. The van der Waals surface area contributed by atoms with E-state index in [1.807, 2.05) is 4.84 Å². The molecular weight excluding hydrogens is 117 g/mol. The minimum atomic E-state index is -0.949. The third-order valence-corrected chi connectivity index (χ3v) is 0.861. The van der Waals surface area contributed by atoms with E-state index in [4.69, 9.17) is 16.9 Å². The van der Waals surface area contributed by atoms with E-state index >= 15 is 0 Å². The summed E-state index contributed by atoms with van der Waals surface area (Å²) in [6.07, 6.45) is 0. The smallest absolute Gasteiger partial charge is 0.321 e. The Morgan fingerprint density at radius 3 is 2.43 bits per heavy atom. The van der Waals surface area contributed by atoms with Gasteiger partial charge >= 0.3 is 5.97 Å². The van der Waals surface area contributed by atoms with Crippen molar-refractivity contribution in [3.05, 3.63) is 0 Å². The van der Waals surface area contributed by atoms with Crippen LogP contribution in [-0.4, -0.2) is 17.1 Å². The molecule has 0 saturated carbocycles. The molecule has 0 aliphatic heterocycles. The highest BCUT2D eigenvalue weighted by molar-refractivity contribution is 6.14. The maximum absolute atomic E-state index is 9.78. The molecule has 0 aliphatic rings. The lowest BCUT2D eigenvalue weighted by Crippen LogP contribution is -2.26. The summed E-state index contributed by atoms with van der Waals surface area (Å²) >= 11 is 4.92. The van der Waals surface area contributed by atoms with E-state index in [2.05, 4.69) is 0 Å². The van der Waals surface area contributed by atoms with E-state index < -0.39 is 12.0 Å². The number of hydrogen-bond acceptors (Lipinski definition) is 2. The van der Waals surface area contributed by atoms with Crippen LogP contribution in [-0.2, 0) is 4.79 Å². The molecule has 0 aromatic rings. The molecule has 3 nitrogen and oxygen atoms in total. The van der Waals surface area contributed by atoms with Crippen molar-refractivity contribution in [1.29, 1.82) is 0 Å². The lowest BCUT2D eigenvalue weighted by atomic mass is 10.4. The highest BCUT2D eigenvalue weighted by atomic mass is 35.5. The van der Waals surface area contributed by atoms with Gasteiger partial charge in [-0.05, 0) is 18.7 Å². The topological polar surface area (TPSA) is 49.3 Å². The van der Waals surface area contributed by atoms with Crippen LogP contribution in [0.5, 0.6) is 0 Å². The third-order valence-electron chi connectivity index (χ3n) is 0.534. The molecule has 0 saturated heterocycles. The number of carboxylic acids is 1. The first-order chi connectivity index (χ1) is 3.18. The summed E-state index contributed by atoms with van der Waals surface area (Å²) in [6.45, 7) is 1.45. The summed E-state index contributed by atoms with van der Waals surface area (Å²) < 4.78 is 0. The predicted octanol–water partition coefficient (Wildman–Crippen LogP) is 0.203. The summed E-state index contributed by atoms with van der Waals surface area (Å²) in [4.78, 5) is 11.8. The largest absolute Gasteiger partial charge is 0.480 e. The van der Waals surface area contributed by atoms with Crippen molar-refractivity contribution in [2.24, 2.45) is 0 Å². The van der Waals surface area contributed by atoms with Gasteiger partial charge in [-0.15, -0.1) is 0 Å². The van der Waals surface area contributed by atoms with Crippen LogP contribution >= 0.6 is 11.8 Å². The molecule has 0 spiro atoms. The summed E-state index contributed by atoms with van der Waals surface area (Å²) in [6, 6.07) is -0.665. The minimum absolute atomic E-state index is 0.665. The third kappa shape index (κ3) is 2.42. The molecule has 0 aromatic heterocycles. The fraction of sp³-hybridized carbons (Fsp3) is 0.667. The molecule has 0 rings (SSSR count). The van der Waals surface area contributed by atoms with Crippen molar-refractivity contribution in [1.82, 2.24) is 4.84 Å². The Morgan fingerprint density at radius 2 is 2.43 bits per heavy atom. The Bertz CT molecular complexity index is 75.3. The van der Waals surface area contributed by atoms with Gasteiger partial charge in [0, 0.05) is 0 Å². The first-order valence-electron chi connectivity index (χ1n) is 1.77. The van der Waals surface area contributed by atoms with Crippen molar-refractivity contribution < 1.29 is 9.90 Å². The summed E-state index contributed by atoms with van der Waals surface area (Å²) in [7, 11) is 0. The van der Waals surface area contributed by atoms with Gasteiger partial charge in [0.1, 0.15) is 6.04 Å². The fourth-order valence-electron chi connectivity index (χ4n) is 0.0467. The zero-order valence-corrected chi connectivity index (χ0v) is 4.57. The van der Waals surface area contributed by atoms with Crippen LogP contribution in [0.3, 0.4) is 0 Å². The Morgan fingerprint density at radius 1 is 2.00 bits per heavy atom. The quantitative estimate of drug-likeness (QED) is 0.516. The van der Waals surface area contributed by atoms with Crippen LogP contribution < -0.4 is 4.84 Å². The number of hydrogen-bond donors (Lipinski definition) is 2. The molecule has 0 unspecified atom stereocenters. The molecule has 7 heavy (non-hydrogen) atoms. The van der Waals surface area contributed by atoms with Crippen molar-refractivity contribution in [3.8, 4) is 0 Å². The number of rotatable bonds is 2. The average molecular weight is 124 g/mol. The van der Waals surface area contributed by atoms with Crippen molar-refractivity contribution in [3.63, 3.8) is 0 Å². The number of carboxylic acid groups (broad SMARTS) is 1. The Labute approximate surface area is 46.4 Å².